The summed E-state index contributed by atoms with van der Waals surface area (Å²) in [5, 5.41) is 0.901. The van der Waals surface area contributed by atoms with Crippen molar-refractivity contribution in [3.05, 3.63) is 67.3 Å². The molecular formula is C19H21NOS. The van der Waals surface area contributed by atoms with E-state index in [1.807, 2.05) is 6.92 Å². The van der Waals surface area contributed by atoms with Gasteiger partial charge in [0, 0.05) is 22.7 Å². The fourth-order valence-electron chi connectivity index (χ4n) is 2.84. The standard InChI is InChI=1S/C19H21NOS/c1-11-6-8-16(9-7-11)10-20-14(4)12(2)18(21)17-13(3)15(5)22-19(17)20/h6-9H,10H2,1-5H3. The largest absolute Gasteiger partial charge is 0.332 e. The molecule has 0 radical (unpaired) electrons. The number of thiophene rings is 1. The Kier molecular flexibility index (Phi) is 3.69. The average Bonchev–Trinajstić information content (AvgIpc) is 2.79. The maximum absolute atomic E-state index is 12.6. The van der Waals surface area contributed by atoms with Gasteiger partial charge in [0.05, 0.1) is 5.39 Å². The summed E-state index contributed by atoms with van der Waals surface area (Å²) in [6.45, 7) is 11.1. The number of rotatable bonds is 2. The molecule has 2 aromatic heterocycles. The number of fused-ring (bicyclic) bond motifs is 1. The minimum absolute atomic E-state index is 0.189. The summed E-state index contributed by atoms with van der Waals surface area (Å²) < 4.78 is 2.29. The van der Waals surface area contributed by atoms with Crippen molar-refractivity contribution >= 4 is 21.6 Å². The predicted molar refractivity (Wildman–Crippen MR) is 95.3 cm³/mol. The maximum atomic E-state index is 12.6. The number of aromatic nitrogens is 1. The SMILES string of the molecule is Cc1ccc(Cn2c(C)c(C)c(=O)c3c(C)c(C)sc32)cc1. The van der Waals surface area contributed by atoms with E-state index in [2.05, 4.69) is 56.5 Å². The highest BCUT2D eigenvalue weighted by atomic mass is 32.1. The summed E-state index contributed by atoms with van der Waals surface area (Å²) in [6, 6.07) is 8.62. The van der Waals surface area contributed by atoms with Crippen molar-refractivity contribution in [2.24, 2.45) is 0 Å². The summed E-state index contributed by atoms with van der Waals surface area (Å²) in [6.07, 6.45) is 0. The second-order valence-electron chi connectivity index (χ2n) is 6.07. The molecular weight excluding hydrogens is 290 g/mol. The highest BCUT2D eigenvalue weighted by Crippen LogP contribution is 2.30. The minimum Gasteiger partial charge on any atom is -0.332 e. The van der Waals surface area contributed by atoms with E-state index in [9.17, 15) is 4.79 Å². The lowest BCUT2D eigenvalue weighted by Gasteiger charge is -2.15. The third-order valence-electron chi connectivity index (χ3n) is 4.59. The zero-order valence-electron chi connectivity index (χ0n) is 13.8. The topological polar surface area (TPSA) is 22.0 Å². The molecule has 0 aliphatic carbocycles. The van der Waals surface area contributed by atoms with Gasteiger partial charge in [0.15, 0.2) is 5.43 Å². The Morgan fingerprint density at radius 2 is 1.59 bits per heavy atom. The summed E-state index contributed by atoms with van der Waals surface area (Å²) in [5.41, 5.74) is 5.78. The van der Waals surface area contributed by atoms with Crippen LogP contribution in [0.5, 0.6) is 0 Å². The quantitative estimate of drug-likeness (QED) is 0.675. The lowest BCUT2D eigenvalue weighted by atomic mass is 10.1. The van der Waals surface area contributed by atoms with Crippen LogP contribution in [0.3, 0.4) is 0 Å². The molecule has 22 heavy (non-hydrogen) atoms. The number of hydrogen-bond donors (Lipinski definition) is 0. The van der Waals surface area contributed by atoms with E-state index in [0.29, 0.717) is 0 Å². The van der Waals surface area contributed by atoms with Crippen molar-refractivity contribution in [3.63, 3.8) is 0 Å². The Balaban J connectivity index is 2.26. The summed E-state index contributed by atoms with van der Waals surface area (Å²) in [7, 11) is 0. The van der Waals surface area contributed by atoms with Crippen LogP contribution in [-0.4, -0.2) is 4.57 Å². The van der Waals surface area contributed by atoms with Crippen LogP contribution in [0, 0.1) is 34.6 Å². The molecule has 3 rings (SSSR count). The number of hydrogen-bond acceptors (Lipinski definition) is 2. The van der Waals surface area contributed by atoms with Gasteiger partial charge in [-0.3, -0.25) is 4.79 Å². The van der Waals surface area contributed by atoms with Crippen molar-refractivity contribution in [2.45, 2.75) is 41.2 Å². The zero-order valence-corrected chi connectivity index (χ0v) is 14.6. The molecule has 0 spiro atoms. The van der Waals surface area contributed by atoms with Crippen LogP contribution in [0.1, 0.15) is 32.8 Å². The Morgan fingerprint density at radius 1 is 0.955 bits per heavy atom. The van der Waals surface area contributed by atoms with Gasteiger partial charge in [-0.25, -0.2) is 0 Å². The summed E-state index contributed by atoms with van der Waals surface area (Å²) in [4.78, 5) is 15.0. The minimum atomic E-state index is 0.189. The van der Waals surface area contributed by atoms with Crippen LogP contribution in [0.15, 0.2) is 29.1 Å². The van der Waals surface area contributed by atoms with Gasteiger partial charge in [0.25, 0.3) is 0 Å². The molecule has 114 valence electrons. The Morgan fingerprint density at radius 3 is 2.23 bits per heavy atom. The predicted octanol–water partition coefficient (Wildman–Crippen LogP) is 4.65. The van der Waals surface area contributed by atoms with Crippen LogP contribution in [0.2, 0.25) is 0 Å². The van der Waals surface area contributed by atoms with Gasteiger partial charge in [-0.1, -0.05) is 29.8 Å². The van der Waals surface area contributed by atoms with Crippen LogP contribution >= 0.6 is 11.3 Å². The molecule has 0 unspecified atom stereocenters. The smallest absolute Gasteiger partial charge is 0.193 e. The summed E-state index contributed by atoms with van der Waals surface area (Å²) >= 11 is 1.73. The van der Waals surface area contributed by atoms with E-state index >= 15 is 0 Å². The molecule has 3 heteroatoms. The first-order chi connectivity index (χ1) is 10.4. The molecule has 0 bridgehead atoms. The van der Waals surface area contributed by atoms with Crippen LogP contribution < -0.4 is 5.43 Å². The number of aryl methyl sites for hydroxylation is 3. The van der Waals surface area contributed by atoms with E-state index in [1.54, 1.807) is 11.3 Å². The number of nitrogens with zero attached hydrogens (tertiary/aromatic N) is 1. The zero-order chi connectivity index (χ0) is 16.0. The van der Waals surface area contributed by atoms with Crippen molar-refractivity contribution < 1.29 is 0 Å². The molecule has 1 aromatic carbocycles. The first-order valence-corrected chi connectivity index (χ1v) is 8.37. The molecule has 0 amide bonds. The van der Waals surface area contributed by atoms with Gasteiger partial charge in [-0.2, -0.15) is 0 Å². The van der Waals surface area contributed by atoms with E-state index in [-0.39, 0.29) is 5.43 Å². The Hall–Kier alpha value is -1.87. The second kappa shape index (κ2) is 5.40. The summed E-state index contributed by atoms with van der Waals surface area (Å²) in [5.74, 6) is 0. The van der Waals surface area contributed by atoms with Crippen molar-refractivity contribution in [1.82, 2.24) is 4.57 Å². The fraction of sp³-hybridized carbons (Fsp3) is 0.316. The van der Waals surface area contributed by atoms with E-state index < -0.39 is 0 Å². The third-order valence-corrected chi connectivity index (χ3v) is 5.82. The molecule has 0 aliphatic rings. The monoisotopic (exact) mass is 311 g/mol. The van der Waals surface area contributed by atoms with Gasteiger partial charge in [0.2, 0.25) is 0 Å². The molecule has 0 fully saturated rings. The lowest BCUT2D eigenvalue weighted by molar-refractivity contribution is 0.790. The van der Waals surface area contributed by atoms with Crippen molar-refractivity contribution in [3.8, 4) is 0 Å². The Bertz CT molecular complexity index is 913. The molecule has 0 saturated heterocycles. The van der Waals surface area contributed by atoms with E-state index in [4.69, 9.17) is 0 Å². The fourth-order valence-corrected chi connectivity index (χ4v) is 4.04. The molecule has 0 aliphatic heterocycles. The average molecular weight is 311 g/mol. The first-order valence-electron chi connectivity index (χ1n) is 7.55. The molecule has 0 N–H and O–H groups in total. The van der Waals surface area contributed by atoms with Crippen molar-refractivity contribution in [2.75, 3.05) is 0 Å². The first kappa shape index (κ1) is 15.0. The number of benzene rings is 1. The third kappa shape index (κ3) is 2.30. The molecule has 0 atom stereocenters. The molecule has 3 aromatic rings. The van der Waals surface area contributed by atoms with Gasteiger partial charge in [-0.15, -0.1) is 11.3 Å². The van der Waals surface area contributed by atoms with E-state index in [0.717, 1.165) is 33.6 Å². The Labute approximate surface area is 135 Å². The normalized spacial score (nSPS) is 11.3. The van der Waals surface area contributed by atoms with Crippen LogP contribution in [0.25, 0.3) is 10.2 Å². The van der Waals surface area contributed by atoms with Gasteiger partial charge in [0.1, 0.15) is 4.83 Å². The highest BCUT2D eigenvalue weighted by molar-refractivity contribution is 7.18. The lowest BCUT2D eigenvalue weighted by Crippen LogP contribution is -2.16. The maximum Gasteiger partial charge on any atom is 0.193 e. The van der Waals surface area contributed by atoms with Crippen LogP contribution in [0.4, 0.5) is 0 Å². The molecule has 2 heterocycles. The highest BCUT2D eigenvalue weighted by Gasteiger charge is 2.16. The van der Waals surface area contributed by atoms with Gasteiger partial charge >= 0.3 is 0 Å². The van der Waals surface area contributed by atoms with Crippen molar-refractivity contribution in [1.29, 1.82) is 0 Å². The molecule has 0 saturated carbocycles. The second-order valence-corrected chi connectivity index (χ2v) is 7.28. The number of pyridine rings is 1. The van der Waals surface area contributed by atoms with Gasteiger partial charge in [-0.05, 0) is 45.7 Å². The van der Waals surface area contributed by atoms with E-state index in [1.165, 1.54) is 16.0 Å². The molecule has 2 nitrogen and oxygen atoms in total. The van der Waals surface area contributed by atoms with Gasteiger partial charge < -0.3 is 4.57 Å². The van der Waals surface area contributed by atoms with Crippen LogP contribution in [-0.2, 0) is 6.54 Å².